The summed E-state index contributed by atoms with van der Waals surface area (Å²) >= 11 is 0. The third-order valence-electron chi connectivity index (χ3n) is 9.96. The van der Waals surface area contributed by atoms with Crippen LogP contribution in [-0.2, 0) is 0 Å². The topological polar surface area (TPSA) is 51.8 Å². The van der Waals surface area contributed by atoms with Crippen molar-refractivity contribution in [2.45, 2.75) is 0 Å². The summed E-state index contributed by atoms with van der Waals surface area (Å²) in [6, 6.07) is 65.2. The standard InChI is InChI=1S/C49H31N3O/c1-4-13-32(14-5-1)33-23-25-35(26-24-33)43-31-44-42-22-12-21-39(45(42)53-46(44)41-20-11-10-19-40(41)43)34-27-29-38(30-28-34)49-51-47(36-15-6-2-7-16-36)50-48(52-49)37-17-8-3-9-18-37/h1-31H. The number of rotatable bonds is 6. The molecule has 248 valence electrons. The molecule has 10 aromatic rings. The largest absolute Gasteiger partial charge is 0.455 e. The molecule has 2 heterocycles. The number of hydrogen-bond acceptors (Lipinski definition) is 4. The lowest BCUT2D eigenvalue weighted by atomic mass is 9.93. The van der Waals surface area contributed by atoms with E-state index in [0.29, 0.717) is 17.5 Å². The van der Waals surface area contributed by atoms with Crippen LogP contribution < -0.4 is 0 Å². The Kier molecular flexibility index (Phi) is 7.43. The zero-order chi connectivity index (χ0) is 35.1. The van der Waals surface area contributed by atoms with Crippen LogP contribution in [0.2, 0.25) is 0 Å². The number of furan rings is 1. The Labute approximate surface area is 306 Å². The van der Waals surface area contributed by atoms with Crippen molar-refractivity contribution in [3.63, 3.8) is 0 Å². The predicted molar refractivity (Wildman–Crippen MR) is 217 cm³/mol. The summed E-state index contributed by atoms with van der Waals surface area (Å²) in [4.78, 5) is 14.7. The van der Waals surface area contributed by atoms with Gasteiger partial charge >= 0.3 is 0 Å². The second-order valence-electron chi connectivity index (χ2n) is 13.2. The number of hydrogen-bond donors (Lipinski definition) is 0. The van der Waals surface area contributed by atoms with Crippen LogP contribution in [0.4, 0.5) is 0 Å². The van der Waals surface area contributed by atoms with Crippen molar-refractivity contribution in [3.8, 4) is 67.5 Å². The molecule has 0 spiro atoms. The van der Waals surface area contributed by atoms with E-state index in [0.717, 1.165) is 55.1 Å². The Bertz CT molecular complexity index is 2840. The molecule has 0 N–H and O–H groups in total. The van der Waals surface area contributed by atoms with Gasteiger partial charge in [-0.15, -0.1) is 0 Å². The fraction of sp³-hybridized carbons (Fsp3) is 0. The van der Waals surface area contributed by atoms with E-state index in [4.69, 9.17) is 19.4 Å². The summed E-state index contributed by atoms with van der Waals surface area (Å²) in [6.07, 6.45) is 0. The summed E-state index contributed by atoms with van der Waals surface area (Å²) in [5, 5.41) is 4.46. The molecule has 0 aliphatic carbocycles. The fourth-order valence-corrected chi connectivity index (χ4v) is 7.30. The highest BCUT2D eigenvalue weighted by Gasteiger charge is 2.18. The Morgan fingerprint density at radius 1 is 0.264 bits per heavy atom. The van der Waals surface area contributed by atoms with Crippen molar-refractivity contribution in [1.82, 2.24) is 15.0 Å². The van der Waals surface area contributed by atoms with Crippen molar-refractivity contribution in [1.29, 1.82) is 0 Å². The highest BCUT2D eigenvalue weighted by Crippen LogP contribution is 2.43. The lowest BCUT2D eigenvalue weighted by Gasteiger charge is -2.09. The second kappa shape index (κ2) is 12.9. The van der Waals surface area contributed by atoms with Crippen LogP contribution in [0.25, 0.3) is 100 Å². The normalized spacial score (nSPS) is 11.4. The van der Waals surface area contributed by atoms with Gasteiger partial charge in [0.05, 0.1) is 0 Å². The number of para-hydroxylation sites is 1. The van der Waals surface area contributed by atoms with E-state index in [-0.39, 0.29) is 0 Å². The summed E-state index contributed by atoms with van der Waals surface area (Å²) in [7, 11) is 0. The Balaban J connectivity index is 1.06. The monoisotopic (exact) mass is 677 g/mol. The van der Waals surface area contributed by atoms with Gasteiger partial charge in [-0.1, -0.05) is 182 Å². The Morgan fingerprint density at radius 3 is 1.25 bits per heavy atom. The van der Waals surface area contributed by atoms with Crippen LogP contribution in [0.15, 0.2) is 192 Å². The molecule has 0 fully saturated rings. The highest BCUT2D eigenvalue weighted by molar-refractivity contribution is 6.20. The first kappa shape index (κ1) is 30.6. The van der Waals surface area contributed by atoms with E-state index in [9.17, 15) is 0 Å². The van der Waals surface area contributed by atoms with Gasteiger partial charge in [0.1, 0.15) is 11.2 Å². The molecule has 2 aromatic heterocycles. The van der Waals surface area contributed by atoms with Crippen molar-refractivity contribution in [2.75, 3.05) is 0 Å². The number of aromatic nitrogens is 3. The molecular formula is C49H31N3O. The average Bonchev–Trinajstić information content (AvgIpc) is 3.63. The van der Waals surface area contributed by atoms with Gasteiger partial charge in [0.25, 0.3) is 0 Å². The van der Waals surface area contributed by atoms with Gasteiger partial charge in [-0.25, -0.2) is 15.0 Å². The first-order valence-corrected chi connectivity index (χ1v) is 17.8. The van der Waals surface area contributed by atoms with E-state index in [1.165, 1.54) is 27.6 Å². The van der Waals surface area contributed by atoms with Gasteiger partial charge < -0.3 is 4.42 Å². The number of fused-ring (bicyclic) bond motifs is 5. The van der Waals surface area contributed by atoms with Gasteiger partial charge in [-0.2, -0.15) is 0 Å². The minimum atomic E-state index is 0.627. The van der Waals surface area contributed by atoms with Crippen molar-refractivity contribution in [2.24, 2.45) is 0 Å². The SMILES string of the molecule is c1ccc(-c2ccc(-c3cc4c5cccc(-c6ccc(-c7nc(-c8ccccc8)nc(-c8ccccc8)n7)cc6)c5oc4c4ccccc34)cc2)cc1. The van der Waals surface area contributed by atoms with Crippen molar-refractivity contribution in [3.05, 3.63) is 188 Å². The molecule has 0 unspecified atom stereocenters. The van der Waals surface area contributed by atoms with Gasteiger partial charge in [0.15, 0.2) is 17.5 Å². The molecule has 0 aliphatic rings. The summed E-state index contributed by atoms with van der Waals surface area (Å²) in [6.45, 7) is 0. The smallest absolute Gasteiger partial charge is 0.164 e. The van der Waals surface area contributed by atoms with Crippen LogP contribution in [-0.4, -0.2) is 15.0 Å². The van der Waals surface area contributed by atoms with Crippen molar-refractivity contribution < 1.29 is 4.42 Å². The maximum atomic E-state index is 6.83. The lowest BCUT2D eigenvalue weighted by molar-refractivity contribution is 0.674. The average molecular weight is 678 g/mol. The fourth-order valence-electron chi connectivity index (χ4n) is 7.30. The van der Waals surface area contributed by atoms with Gasteiger partial charge in [-0.05, 0) is 39.3 Å². The van der Waals surface area contributed by atoms with E-state index >= 15 is 0 Å². The minimum absolute atomic E-state index is 0.627. The second-order valence-corrected chi connectivity index (χ2v) is 13.2. The predicted octanol–water partition coefficient (Wildman–Crippen LogP) is 12.9. The van der Waals surface area contributed by atoms with Gasteiger partial charge in [-0.3, -0.25) is 0 Å². The first-order chi connectivity index (χ1) is 26.3. The quantitative estimate of drug-likeness (QED) is 0.176. The van der Waals surface area contributed by atoms with Crippen LogP contribution in [0, 0.1) is 0 Å². The molecule has 53 heavy (non-hydrogen) atoms. The van der Waals surface area contributed by atoms with Crippen molar-refractivity contribution >= 4 is 32.7 Å². The summed E-state index contributed by atoms with van der Waals surface area (Å²) in [5.41, 5.74) is 11.4. The van der Waals surface area contributed by atoms with Gasteiger partial charge in [0.2, 0.25) is 0 Å². The van der Waals surface area contributed by atoms with E-state index in [1.54, 1.807) is 0 Å². The molecule has 0 atom stereocenters. The van der Waals surface area contributed by atoms with Gasteiger partial charge in [0, 0.05) is 38.4 Å². The van der Waals surface area contributed by atoms with Crippen LogP contribution in [0.3, 0.4) is 0 Å². The summed E-state index contributed by atoms with van der Waals surface area (Å²) < 4.78 is 6.83. The third kappa shape index (κ3) is 5.54. The summed E-state index contributed by atoms with van der Waals surface area (Å²) in [5.74, 6) is 1.91. The Morgan fingerprint density at radius 2 is 0.660 bits per heavy atom. The molecule has 8 aromatic carbocycles. The zero-order valence-corrected chi connectivity index (χ0v) is 28.6. The van der Waals surface area contributed by atoms with E-state index < -0.39 is 0 Å². The van der Waals surface area contributed by atoms with Crippen LogP contribution >= 0.6 is 0 Å². The lowest BCUT2D eigenvalue weighted by Crippen LogP contribution is -2.00. The Hall–Kier alpha value is -7.17. The molecule has 4 nitrogen and oxygen atoms in total. The molecule has 4 heteroatoms. The van der Waals surface area contributed by atoms with Crippen LogP contribution in [0.1, 0.15) is 0 Å². The zero-order valence-electron chi connectivity index (χ0n) is 28.6. The van der Waals surface area contributed by atoms with E-state index in [1.807, 2.05) is 60.7 Å². The molecule has 0 saturated carbocycles. The van der Waals surface area contributed by atoms with E-state index in [2.05, 4.69) is 127 Å². The molecule has 0 amide bonds. The first-order valence-electron chi connectivity index (χ1n) is 17.8. The maximum Gasteiger partial charge on any atom is 0.164 e. The maximum absolute atomic E-state index is 6.83. The molecule has 10 rings (SSSR count). The highest BCUT2D eigenvalue weighted by atomic mass is 16.3. The molecule has 0 aliphatic heterocycles. The third-order valence-corrected chi connectivity index (χ3v) is 9.96. The molecule has 0 radical (unpaired) electrons. The molecular weight excluding hydrogens is 647 g/mol. The van der Waals surface area contributed by atoms with Crippen LogP contribution in [0.5, 0.6) is 0 Å². The minimum Gasteiger partial charge on any atom is -0.455 e. The number of benzene rings is 8. The molecule has 0 bridgehead atoms. The number of nitrogens with zero attached hydrogens (tertiary/aromatic N) is 3. The molecule has 0 saturated heterocycles.